The van der Waals surface area contributed by atoms with E-state index < -0.39 is 9.73 Å². The molecule has 1 aromatic heterocycles. The van der Waals surface area contributed by atoms with Crippen molar-refractivity contribution in [3.63, 3.8) is 0 Å². The monoisotopic (exact) mass is 314 g/mol. The minimum Gasteiger partial charge on any atom is -0.249 e. The number of benzene rings is 2. The molecule has 0 aliphatic carbocycles. The topological polar surface area (TPSA) is 53.8 Å². The quantitative estimate of drug-likeness (QED) is 0.775. The van der Waals surface area contributed by atoms with E-state index in [9.17, 15) is 4.21 Å². The molecule has 106 valence electrons. The van der Waals surface area contributed by atoms with Crippen molar-refractivity contribution in [1.29, 1.82) is 4.78 Å². The maximum atomic E-state index is 12.5. The van der Waals surface area contributed by atoms with Crippen molar-refractivity contribution in [2.45, 2.75) is 10.6 Å². The predicted molar refractivity (Wildman–Crippen MR) is 86.8 cm³/mol. The minimum absolute atomic E-state index is 0.153. The van der Waals surface area contributed by atoms with E-state index in [0.29, 0.717) is 10.6 Å². The number of hydrogen-bond donors (Lipinski definition) is 1. The number of nitrogens with one attached hydrogen (secondary N) is 1. The average molecular weight is 314 g/mol. The van der Waals surface area contributed by atoms with Gasteiger partial charge in [0.05, 0.1) is 21.2 Å². The molecule has 3 rings (SSSR count). The summed E-state index contributed by atoms with van der Waals surface area (Å²) in [4.78, 5) is 5.07. The van der Waals surface area contributed by atoms with Crippen LogP contribution in [-0.2, 0) is 15.5 Å². The zero-order valence-corrected chi connectivity index (χ0v) is 12.9. The van der Waals surface area contributed by atoms with Crippen LogP contribution in [0, 0.1) is 4.78 Å². The van der Waals surface area contributed by atoms with Gasteiger partial charge in [-0.2, -0.15) is 0 Å². The van der Waals surface area contributed by atoms with Gasteiger partial charge in [0, 0.05) is 15.8 Å². The van der Waals surface area contributed by atoms with E-state index >= 15 is 0 Å². The van der Waals surface area contributed by atoms with Crippen LogP contribution in [0.15, 0.2) is 70.9 Å². The van der Waals surface area contributed by atoms with Gasteiger partial charge in [0.25, 0.3) is 0 Å². The summed E-state index contributed by atoms with van der Waals surface area (Å²) in [5.74, 6) is 0.153. The second-order valence-corrected chi connectivity index (χ2v) is 7.61. The van der Waals surface area contributed by atoms with Crippen molar-refractivity contribution >= 4 is 21.1 Å². The Labute approximate surface area is 128 Å². The Morgan fingerprint density at radius 1 is 1.00 bits per heavy atom. The van der Waals surface area contributed by atoms with E-state index in [4.69, 9.17) is 4.78 Å². The molecular formula is C16H14N2OS2. The third-order valence-corrected chi connectivity index (χ3v) is 5.72. The maximum Gasteiger partial charge on any atom is 0.123 e. The fraction of sp³-hybridized carbons (Fsp3) is 0.0625. The summed E-state index contributed by atoms with van der Waals surface area (Å²) in [5, 5.41) is 2.79. The molecule has 1 unspecified atom stereocenters. The molecule has 0 aliphatic rings. The fourth-order valence-corrected chi connectivity index (χ4v) is 4.28. The van der Waals surface area contributed by atoms with E-state index in [2.05, 4.69) is 4.98 Å². The molecular weight excluding hydrogens is 300 g/mol. The molecule has 2 aromatic carbocycles. The van der Waals surface area contributed by atoms with Crippen molar-refractivity contribution in [3.8, 4) is 10.6 Å². The molecule has 0 saturated heterocycles. The number of nitrogens with zero attached hydrogens (tertiary/aromatic N) is 1. The maximum absolute atomic E-state index is 12.5. The molecule has 0 saturated carbocycles. The molecule has 3 nitrogen and oxygen atoms in total. The highest BCUT2D eigenvalue weighted by molar-refractivity contribution is 7.91. The second kappa shape index (κ2) is 5.79. The van der Waals surface area contributed by atoms with Gasteiger partial charge < -0.3 is 0 Å². The Kier molecular flexibility index (Phi) is 3.86. The molecule has 0 spiro atoms. The molecule has 1 atom stereocenters. The van der Waals surface area contributed by atoms with Gasteiger partial charge in [0.15, 0.2) is 0 Å². The van der Waals surface area contributed by atoms with Gasteiger partial charge in [-0.15, -0.1) is 11.3 Å². The molecule has 1 heterocycles. The van der Waals surface area contributed by atoms with Crippen LogP contribution in [0.2, 0.25) is 0 Å². The van der Waals surface area contributed by atoms with Crippen molar-refractivity contribution in [3.05, 3.63) is 71.7 Å². The van der Waals surface area contributed by atoms with Crippen LogP contribution < -0.4 is 0 Å². The SMILES string of the molecule is N=S(=O)(Cc1csc(-c2ccccc2)n1)c1ccccc1. The highest BCUT2D eigenvalue weighted by Crippen LogP contribution is 2.25. The molecule has 1 N–H and O–H groups in total. The summed E-state index contributed by atoms with van der Waals surface area (Å²) >= 11 is 1.52. The predicted octanol–water partition coefficient (Wildman–Crippen LogP) is 4.42. The van der Waals surface area contributed by atoms with Gasteiger partial charge in [-0.1, -0.05) is 48.5 Å². The molecule has 0 radical (unpaired) electrons. The molecule has 5 heteroatoms. The lowest BCUT2D eigenvalue weighted by Gasteiger charge is -2.05. The van der Waals surface area contributed by atoms with Gasteiger partial charge >= 0.3 is 0 Å². The first-order valence-corrected chi connectivity index (χ1v) is 9.07. The largest absolute Gasteiger partial charge is 0.249 e. The first kappa shape index (κ1) is 14.0. The Bertz CT molecular complexity index is 825. The summed E-state index contributed by atoms with van der Waals surface area (Å²) in [5.41, 5.74) is 1.76. The number of aromatic nitrogens is 1. The summed E-state index contributed by atoms with van der Waals surface area (Å²) in [6.45, 7) is 0. The molecule has 21 heavy (non-hydrogen) atoms. The molecule has 0 aliphatic heterocycles. The Hall–Kier alpha value is -1.98. The van der Waals surface area contributed by atoms with Gasteiger partial charge in [-0.25, -0.2) is 14.0 Å². The number of rotatable bonds is 4. The normalized spacial score (nSPS) is 13.7. The Morgan fingerprint density at radius 2 is 1.62 bits per heavy atom. The van der Waals surface area contributed by atoms with Gasteiger partial charge in [-0.3, -0.25) is 0 Å². The van der Waals surface area contributed by atoms with E-state index in [1.807, 2.05) is 41.8 Å². The fourth-order valence-electron chi connectivity index (χ4n) is 2.02. The third-order valence-electron chi connectivity index (χ3n) is 3.05. The van der Waals surface area contributed by atoms with E-state index in [1.165, 1.54) is 11.3 Å². The first-order valence-electron chi connectivity index (χ1n) is 6.46. The molecule has 0 amide bonds. The number of hydrogen-bond acceptors (Lipinski definition) is 4. The van der Waals surface area contributed by atoms with Gasteiger partial charge in [-0.05, 0) is 12.1 Å². The van der Waals surface area contributed by atoms with Gasteiger partial charge in [0.1, 0.15) is 5.01 Å². The highest BCUT2D eigenvalue weighted by atomic mass is 32.2. The first-order chi connectivity index (χ1) is 10.1. The smallest absolute Gasteiger partial charge is 0.123 e. The van der Waals surface area contributed by atoms with Crippen LogP contribution in [0.4, 0.5) is 0 Å². The molecule has 0 fully saturated rings. The average Bonchev–Trinajstić information content (AvgIpc) is 2.97. The van der Waals surface area contributed by atoms with Crippen LogP contribution in [0.5, 0.6) is 0 Å². The van der Waals surface area contributed by atoms with Crippen LogP contribution in [0.1, 0.15) is 5.69 Å². The van der Waals surface area contributed by atoms with Crippen LogP contribution in [0.25, 0.3) is 10.6 Å². The summed E-state index contributed by atoms with van der Waals surface area (Å²) in [6.07, 6.45) is 0. The van der Waals surface area contributed by atoms with Crippen molar-refractivity contribution in [2.24, 2.45) is 0 Å². The molecule has 0 bridgehead atoms. The van der Waals surface area contributed by atoms with E-state index in [0.717, 1.165) is 10.6 Å². The number of thiazole rings is 1. The second-order valence-electron chi connectivity index (χ2n) is 4.64. The standard InChI is InChI=1S/C16H14N2OS2/c17-21(19,15-9-5-2-6-10-15)12-14-11-20-16(18-14)13-7-3-1-4-8-13/h1-11,17H,12H2. The summed E-state index contributed by atoms with van der Waals surface area (Å²) in [6, 6.07) is 18.8. The summed E-state index contributed by atoms with van der Waals surface area (Å²) < 4.78 is 20.6. The van der Waals surface area contributed by atoms with Crippen molar-refractivity contribution < 1.29 is 4.21 Å². The lowest BCUT2D eigenvalue weighted by Crippen LogP contribution is -2.03. The zero-order chi connectivity index (χ0) is 14.7. The Morgan fingerprint density at radius 3 is 2.29 bits per heavy atom. The summed E-state index contributed by atoms with van der Waals surface area (Å²) in [7, 11) is -2.84. The lowest BCUT2D eigenvalue weighted by molar-refractivity contribution is 0.673. The van der Waals surface area contributed by atoms with Crippen LogP contribution >= 0.6 is 11.3 Å². The van der Waals surface area contributed by atoms with E-state index in [1.54, 1.807) is 24.3 Å². The van der Waals surface area contributed by atoms with Gasteiger partial charge in [0.2, 0.25) is 0 Å². The minimum atomic E-state index is -2.84. The molecule has 3 aromatic rings. The lowest BCUT2D eigenvalue weighted by atomic mass is 10.2. The van der Waals surface area contributed by atoms with Crippen molar-refractivity contribution in [2.75, 3.05) is 0 Å². The van der Waals surface area contributed by atoms with E-state index in [-0.39, 0.29) is 5.75 Å². The Balaban J connectivity index is 1.85. The van der Waals surface area contributed by atoms with Crippen LogP contribution in [0.3, 0.4) is 0 Å². The third kappa shape index (κ3) is 3.20. The van der Waals surface area contributed by atoms with Crippen LogP contribution in [-0.4, -0.2) is 9.19 Å². The zero-order valence-electron chi connectivity index (χ0n) is 11.2. The van der Waals surface area contributed by atoms with Crippen molar-refractivity contribution in [1.82, 2.24) is 4.98 Å². The highest BCUT2D eigenvalue weighted by Gasteiger charge is 2.13.